The number of aromatic nitrogens is 2. The first-order valence-corrected chi connectivity index (χ1v) is 6.76. The Hall–Kier alpha value is -2.70. The Morgan fingerprint density at radius 3 is 3.00 bits per heavy atom. The van der Waals surface area contributed by atoms with Gasteiger partial charge in [-0.05, 0) is 30.5 Å². The molecule has 21 heavy (non-hydrogen) atoms. The van der Waals surface area contributed by atoms with Crippen molar-refractivity contribution in [3.05, 3.63) is 35.2 Å². The molecule has 7 nitrogen and oxygen atoms in total. The molecule has 2 N–H and O–H groups in total. The molecular formula is C14H12N4O3. The molecule has 1 aromatic carbocycles. The fourth-order valence-corrected chi connectivity index (χ4v) is 2.31. The summed E-state index contributed by atoms with van der Waals surface area (Å²) >= 11 is 0. The molecule has 1 aromatic heterocycles. The van der Waals surface area contributed by atoms with Gasteiger partial charge in [-0.15, -0.1) is 5.10 Å². The molecule has 2 aromatic rings. The SMILES string of the molecule is O=C1Cc2ccc(C(=O)Nc3nnc(C4CC4)o3)cc2N1. The molecule has 0 radical (unpaired) electrons. The summed E-state index contributed by atoms with van der Waals surface area (Å²) in [6.45, 7) is 0. The van der Waals surface area contributed by atoms with Gasteiger partial charge in [0, 0.05) is 17.2 Å². The summed E-state index contributed by atoms with van der Waals surface area (Å²) in [6.07, 6.45) is 2.46. The molecule has 0 unspecified atom stereocenters. The van der Waals surface area contributed by atoms with Gasteiger partial charge in [0.05, 0.1) is 6.42 Å². The first-order chi connectivity index (χ1) is 10.2. The van der Waals surface area contributed by atoms with E-state index in [1.54, 1.807) is 18.2 Å². The minimum Gasteiger partial charge on any atom is -0.408 e. The predicted molar refractivity (Wildman–Crippen MR) is 73.0 cm³/mol. The zero-order chi connectivity index (χ0) is 14.4. The van der Waals surface area contributed by atoms with E-state index in [2.05, 4.69) is 20.8 Å². The van der Waals surface area contributed by atoms with Gasteiger partial charge in [-0.3, -0.25) is 14.9 Å². The minimum absolute atomic E-state index is 0.0615. The van der Waals surface area contributed by atoms with Crippen molar-refractivity contribution >= 4 is 23.5 Å². The van der Waals surface area contributed by atoms with E-state index in [9.17, 15) is 9.59 Å². The fraction of sp³-hybridized carbons (Fsp3) is 0.286. The van der Waals surface area contributed by atoms with Crippen LogP contribution in [0.15, 0.2) is 22.6 Å². The molecule has 1 aliphatic carbocycles. The minimum atomic E-state index is -0.343. The predicted octanol–water partition coefficient (Wildman–Crippen LogP) is 1.69. The zero-order valence-corrected chi connectivity index (χ0v) is 11.0. The molecule has 2 heterocycles. The maximum absolute atomic E-state index is 12.1. The highest BCUT2D eigenvalue weighted by molar-refractivity contribution is 6.06. The van der Waals surface area contributed by atoms with Gasteiger partial charge < -0.3 is 9.73 Å². The van der Waals surface area contributed by atoms with Crippen LogP contribution in [-0.4, -0.2) is 22.0 Å². The smallest absolute Gasteiger partial charge is 0.322 e. The Kier molecular flexibility index (Phi) is 2.53. The lowest BCUT2D eigenvalue weighted by Gasteiger charge is -2.03. The summed E-state index contributed by atoms with van der Waals surface area (Å²) in [5.41, 5.74) is 2.00. The van der Waals surface area contributed by atoms with Gasteiger partial charge in [-0.2, -0.15) is 0 Å². The molecule has 2 amide bonds. The average molecular weight is 284 g/mol. The number of carbonyl (C=O) groups is 2. The van der Waals surface area contributed by atoms with Crippen molar-refractivity contribution in [1.82, 2.24) is 10.2 Å². The third-order valence-electron chi connectivity index (χ3n) is 3.58. The van der Waals surface area contributed by atoms with Gasteiger partial charge in [0.1, 0.15) is 0 Å². The Morgan fingerprint density at radius 2 is 2.19 bits per heavy atom. The lowest BCUT2D eigenvalue weighted by atomic mass is 10.1. The van der Waals surface area contributed by atoms with E-state index in [0.29, 0.717) is 29.5 Å². The summed E-state index contributed by atoms with van der Waals surface area (Å²) in [4.78, 5) is 23.4. The van der Waals surface area contributed by atoms with E-state index in [1.807, 2.05) is 0 Å². The summed E-state index contributed by atoms with van der Waals surface area (Å²) in [6, 6.07) is 5.19. The topological polar surface area (TPSA) is 97.1 Å². The Bertz CT molecular complexity index is 748. The highest BCUT2D eigenvalue weighted by atomic mass is 16.4. The molecule has 1 fully saturated rings. The number of rotatable bonds is 3. The van der Waals surface area contributed by atoms with E-state index < -0.39 is 0 Å². The second-order valence-electron chi connectivity index (χ2n) is 5.27. The molecule has 0 saturated heterocycles. The van der Waals surface area contributed by atoms with Crippen LogP contribution in [0.25, 0.3) is 0 Å². The highest BCUT2D eigenvalue weighted by Crippen LogP contribution is 2.39. The zero-order valence-electron chi connectivity index (χ0n) is 11.0. The van der Waals surface area contributed by atoms with Crippen molar-refractivity contribution in [3.8, 4) is 0 Å². The quantitative estimate of drug-likeness (QED) is 0.894. The summed E-state index contributed by atoms with van der Waals surface area (Å²) in [5.74, 6) is 0.517. The standard InChI is InChI=1S/C14H12N4O3/c19-11-6-8-3-4-9(5-10(8)15-11)12(20)16-14-18-17-13(21-14)7-1-2-7/h3-5,7H,1-2,6H2,(H,15,19)(H,16,18,20). The number of carbonyl (C=O) groups excluding carboxylic acids is 2. The number of amides is 2. The van der Waals surface area contributed by atoms with Crippen LogP contribution >= 0.6 is 0 Å². The van der Waals surface area contributed by atoms with Crippen LogP contribution in [0.3, 0.4) is 0 Å². The number of nitrogens with zero attached hydrogens (tertiary/aromatic N) is 2. The van der Waals surface area contributed by atoms with Crippen LogP contribution in [0.2, 0.25) is 0 Å². The Balaban J connectivity index is 1.51. The molecule has 1 saturated carbocycles. The molecule has 1 aliphatic heterocycles. The third-order valence-corrected chi connectivity index (χ3v) is 3.58. The molecule has 0 atom stereocenters. The summed E-state index contributed by atoms with van der Waals surface area (Å²) in [5, 5.41) is 13.0. The van der Waals surface area contributed by atoms with Crippen LogP contribution in [0.1, 0.15) is 40.6 Å². The van der Waals surface area contributed by atoms with Crippen LogP contribution in [0, 0.1) is 0 Å². The maximum Gasteiger partial charge on any atom is 0.322 e. The number of hydrogen-bond acceptors (Lipinski definition) is 5. The lowest BCUT2D eigenvalue weighted by Crippen LogP contribution is -2.12. The number of anilines is 2. The van der Waals surface area contributed by atoms with Crippen LogP contribution in [-0.2, 0) is 11.2 Å². The van der Waals surface area contributed by atoms with Gasteiger partial charge in [0.25, 0.3) is 5.91 Å². The van der Waals surface area contributed by atoms with E-state index in [1.165, 1.54) is 0 Å². The summed E-state index contributed by atoms with van der Waals surface area (Å²) in [7, 11) is 0. The van der Waals surface area contributed by atoms with Crippen molar-refractivity contribution in [2.45, 2.75) is 25.2 Å². The molecule has 106 valence electrons. The molecule has 0 bridgehead atoms. The molecule has 0 spiro atoms. The van der Waals surface area contributed by atoms with E-state index in [-0.39, 0.29) is 17.8 Å². The second kappa shape index (κ2) is 4.41. The lowest BCUT2D eigenvalue weighted by molar-refractivity contribution is -0.115. The van der Waals surface area contributed by atoms with Crippen molar-refractivity contribution in [3.63, 3.8) is 0 Å². The van der Waals surface area contributed by atoms with E-state index in [0.717, 1.165) is 18.4 Å². The van der Waals surface area contributed by atoms with Crippen LogP contribution in [0.5, 0.6) is 0 Å². The van der Waals surface area contributed by atoms with Gasteiger partial charge in [0.15, 0.2) is 0 Å². The molecule has 2 aliphatic rings. The second-order valence-corrected chi connectivity index (χ2v) is 5.27. The first kappa shape index (κ1) is 12.1. The number of hydrogen-bond donors (Lipinski definition) is 2. The monoisotopic (exact) mass is 284 g/mol. The van der Waals surface area contributed by atoms with Gasteiger partial charge in [0.2, 0.25) is 11.8 Å². The molecule has 4 rings (SSSR count). The Morgan fingerprint density at radius 1 is 1.33 bits per heavy atom. The number of nitrogens with one attached hydrogen (secondary N) is 2. The normalized spacial score (nSPS) is 16.5. The van der Waals surface area contributed by atoms with Crippen molar-refractivity contribution in [1.29, 1.82) is 0 Å². The van der Waals surface area contributed by atoms with Gasteiger partial charge >= 0.3 is 6.01 Å². The number of benzene rings is 1. The largest absolute Gasteiger partial charge is 0.408 e. The highest BCUT2D eigenvalue weighted by Gasteiger charge is 2.29. The first-order valence-electron chi connectivity index (χ1n) is 6.76. The fourth-order valence-electron chi connectivity index (χ4n) is 2.31. The van der Waals surface area contributed by atoms with Crippen molar-refractivity contribution in [2.75, 3.05) is 10.6 Å². The number of fused-ring (bicyclic) bond motifs is 1. The van der Waals surface area contributed by atoms with Crippen LogP contribution in [0.4, 0.5) is 11.7 Å². The van der Waals surface area contributed by atoms with Crippen molar-refractivity contribution in [2.24, 2.45) is 0 Å². The molecular weight excluding hydrogens is 272 g/mol. The van der Waals surface area contributed by atoms with E-state index in [4.69, 9.17) is 4.42 Å². The Labute approximate surface area is 119 Å². The van der Waals surface area contributed by atoms with Gasteiger partial charge in [-0.25, -0.2) is 0 Å². The van der Waals surface area contributed by atoms with E-state index >= 15 is 0 Å². The van der Waals surface area contributed by atoms with Crippen LogP contribution < -0.4 is 10.6 Å². The maximum atomic E-state index is 12.1. The third kappa shape index (κ3) is 2.26. The molecule has 7 heteroatoms. The van der Waals surface area contributed by atoms with Crippen molar-refractivity contribution < 1.29 is 14.0 Å². The average Bonchev–Trinajstić information content (AvgIpc) is 3.09. The van der Waals surface area contributed by atoms with Gasteiger partial charge in [-0.1, -0.05) is 11.2 Å². The summed E-state index contributed by atoms with van der Waals surface area (Å²) < 4.78 is 5.39.